The van der Waals surface area contributed by atoms with E-state index in [9.17, 15) is 0 Å². The Hall–Kier alpha value is -0.370. The standard InChI is InChI=1S/C20H16S6/c1-9-7-11-17(13-3-5-15(21)25-13)20-12(8-10(2)24-20)18(19(11)23-9)14-4-6-16(22)26-14/h3,5-8,14,21-22H,4H2,1-2H3. The second-order valence-corrected chi connectivity index (χ2v) is 12.9. The largest absolute Gasteiger partial charge is 0.140 e. The number of thioether (sulfide) groups is 1. The monoisotopic (exact) mass is 448 g/mol. The van der Waals surface area contributed by atoms with Crippen molar-refractivity contribution in [2.75, 3.05) is 0 Å². The van der Waals surface area contributed by atoms with E-state index >= 15 is 0 Å². The van der Waals surface area contributed by atoms with Gasteiger partial charge in [-0.15, -0.1) is 71.0 Å². The van der Waals surface area contributed by atoms with Crippen LogP contribution in [0.1, 0.15) is 27.0 Å². The molecule has 26 heavy (non-hydrogen) atoms. The minimum atomic E-state index is 0.470. The molecule has 0 amide bonds. The molecular formula is C20H16S6. The molecule has 4 heterocycles. The Morgan fingerprint density at radius 2 is 1.65 bits per heavy atom. The predicted molar refractivity (Wildman–Crippen MR) is 129 cm³/mol. The zero-order valence-electron chi connectivity index (χ0n) is 14.2. The van der Waals surface area contributed by atoms with Gasteiger partial charge < -0.3 is 0 Å². The third kappa shape index (κ3) is 2.81. The second-order valence-electron chi connectivity index (χ2n) is 6.51. The molecule has 5 rings (SSSR count). The molecule has 1 atom stereocenters. The van der Waals surface area contributed by atoms with Crippen LogP contribution in [-0.4, -0.2) is 0 Å². The number of allylic oxidation sites excluding steroid dienone is 1. The molecule has 4 aromatic rings. The fraction of sp³-hybridized carbons (Fsp3) is 0.200. The van der Waals surface area contributed by atoms with Crippen molar-refractivity contribution in [1.82, 2.24) is 0 Å². The molecule has 0 fully saturated rings. The van der Waals surface area contributed by atoms with E-state index in [-0.39, 0.29) is 0 Å². The van der Waals surface area contributed by atoms with Crippen molar-refractivity contribution in [1.29, 1.82) is 0 Å². The van der Waals surface area contributed by atoms with Crippen LogP contribution in [0.3, 0.4) is 0 Å². The molecule has 0 radical (unpaired) electrons. The lowest BCUT2D eigenvalue weighted by atomic mass is 9.97. The van der Waals surface area contributed by atoms with Crippen LogP contribution in [0.4, 0.5) is 0 Å². The smallest absolute Gasteiger partial charge is 0.0574 e. The molecule has 1 aliphatic heterocycles. The highest BCUT2D eigenvalue weighted by Crippen LogP contribution is 2.54. The van der Waals surface area contributed by atoms with Crippen LogP contribution >= 0.6 is 71.0 Å². The molecule has 3 aromatic heterocycles. The first kappa shape index (κ1) is 17.7. The lowest BCUT2D eigenvalue weighted by molar-refractivity contribution is 1.01. The molecule has 0 aliphatic carbocycles. The molecule has 0 saturated heterocycles. The van der Waals surface area contributed by atoms with Crippen LogP contribution in [0.25, 0.3) is 30.6 Å². The quantitative estimate of drug-likeness (QED) is 0.289. The minimum absolute atomic E-state index is 0.470. The van der Waals surface area contributed by atoms with Gasteiger partial charge in [0.2, 0.25) is 0 Å². The van der Waals surface area contributed by atoms with Gasteiger partial charge in [0.15, 0.2) is 0 Å². The van der Waals surface area contributed by atoms with Gasteiger partial charge in [0.05, 0.1) is 4.21 Å². The van der Waals surface area contributed by atoms with E-state index < -0.39 is 0 Å². The topological polar surface area (TPSA) is 0 Å². The van der Waals surface area contributed by atoms with Crippen LogP contribution in [0.15, 0.2) is 38.8 Å². The Morgan fingerprint density at radius 1 is 0.923 bits per heavy atom. The second kappa shape index (κ2) is 6.61. The van der Waals surface area contributed by atoms with E-state index in [0.717, 1.165) is 14.9 Å². The molecule has 1 unspecified atom stereocenters. The number of thiophene rings is 3. The van der Waals surface area contributed by atoms with Crippen molar-refractivity contribution in [2.24, 2.45) is 0 Å². The average Bonchev–Trinajstić information content (AvgIpc) is 3.33. The number of rotatable bonds is 2. The summed E-state index contributed by atoms with van der Waals surface area (Å²) in [6.07, 6.45) is 3.33. The lowest BCUT2D eigenvalue weighted by Gasteiger charge is -2.15. The van der Waals surface area contributed by atoms with Crippen molar-refractivity contribution in [3.63, 3.8) is 0 Å². The van der Waals surface area contributed by atoms with Crippen LogP contribution < -0.4 is 0 Å². The summed E-state index contributed by atoms with van der Waals surface area (Å²) in [5, 5.41) is 3.30. The van der Waals surface area contributed by atoms with Crippen molar-refractivity contribution >= 4 is 91.2 Å². The SMILES string of the molecule is Cc1cc2c(C3CC=C(S)S3)c3sc(C)cc3c(-c3ccc(S)s3)c2s1. The Bertz CT molecular complexity index is 1130. The molecule has 132 valence electrons. The van der Waals surface area contributed by atoms with Crippen molar-refractivity contribution in [3.05, 3.63) is 49.9 Å². The molecule has 0 N–H and O–H groups in total. The van der Waals surface area contributed by atoms with E-state index in [0.29, 0.717) is 5.25 Å². The van der Waals surface area contributed by atoms with Gasteiger partial charge in [-0.25, -0.2) is 0 Å². The van der Waals surface area contributed by atoms with E-state index in [4.69, 9.17) is 0 Å². The van der Waals surface area contributed by atoms with Crippen molar-refractivity contribution < 1.29 is 0 Å². The number of aryl methyl sites for hydroxylation is 2. The fourth-order valence-electron chi connectivity index (χ4n) is 3.70. The molecule has 0 saturated carbocycles. The summed E-state index contributed by atoms with van der Waals surface area (Å²) in [4.78, 5) is 4.08. The number of fused-ring (bicyclic) bond motifs is 2. The number of benzene rings is 1. The normalized spacial score (nSPS) is 17.5. The molecule has 1 aromatic carbocycles. The maximum atomic E-state index is 4.60. The lowest BCUT2D eigenvalue weighted by Crippen LogP contribution is -1.92. The first-order valence-corrected chi connectivity index (χ1v) is 12.5. The van der Waals surface area contributed by atoms with E-state index in [2.05, 4.69) is 69.4 Å². The fourth-order valence-corrected chi connectivity index (χ4v) is 8.78. The van der Waals surface area contributed by atoms with Gasteiger partial charge in [-0.3, -0.25) is 0 Å². The Labute approximate surface area is 180 Å². The Balaban J connectivity index is 1.91. The maximum Gasteiger partial charge on any atom is 0.0574 e. The average molecular weight is 449 g/mol. The third-order valence-corrected chi connectivity index (χ3v) is 9.77. The van der Waals surface area contributed by atoms with Gasteiger partial charge >= 0.3 is 0 Å². The van der Waals surface area contributed by atoms with Crippen molar-refractivity contribution in [3.8, 4) is 10.4 Å². The van der Waals surface area contributed by atoms with Crippen LogP contribution in [0.5, 0.6) is 0 Å². The molecule has 0 bridgehead atoms. The summed E-state index contributed by atoms with van der Waals surface area (Å²) in [7, 11) is 0. The molecular weight excluding hydrogens is 433 g/mol. The van der Waals surface area contributed by atoms with E-state index in [1.165, 1.54) is 45.9 Å². The van der Waals surface area contributed by atoms with Gasteiger partial charge in [0.25, 0.3) is 0 Å². The van der Waals surface area contributed by atoms with Gasteiger partial charge in [-0.2, -0.15) is 0 Å². The predicted octanol–water partition coefficient (Wildman–Crippen LogP) is 8.70. The van der Waals surface area contributed by atoms with Crippen molar-refractivity contribution in [2.45, 2.75) is 29.7 Å². The van der Waals surface area contributed by atoms with Gasteiger partial charge in [-0.1, -0.05) is 6.08 Å². The highest BCUT2D eigenvalue weighted by Gasteiger charge is 2.27. The van der Waals surface area contributed by atoms with Gasteiger partial charge in [0, 0.05) is 44.5 Å². The number of hydrogen-bond acceptors (Lipinski definition) is 6. The van der Waals surface area contributed by atoms with Gasteiger partial charge in [-0.05, 0) is 55.5 Å². The van der Waals surface area contributed by atoms with E-state index in [1.54, 1.807) is 11.3 Å². The summed E-state index contributed by atoms with van der Waals surface area (Å²) in [5.74, 6) is 0. The van der Waals surface area contributed by atoms with Crippen LogP contribution in [0.2, 0.25) is 0 Å². The maximum absolute atomic E-state index is 4.60. The Kier molecular flexibility index (Phi) is 4.50. The summed E-state index contributed by atoms with van der Waals surface area (Å²) in [6.45, 7) is 4.44. The molecule has 1 aliphatic rings. The summed E-state index contributed by atoms with van der Waals surface area (Å²) < 4.78 is 5.09. The van der Waals surface area contributed by atoms with Crippen LogP contribution in [0, 0.1) is 13.8 Å². The first-order chi connectivity index (χ1) is 12.5. The minimum Gasteiger partial charge on any atom is -0.140 e. The van der Waals surface area contributed by atoms with E-state index in [1.807, 2.05) is 34.4 Å². The first-order valence-electron chi connectivity index (χ1n) is 8.32. The molecule has 0 spiro atoms. The highest BCUT2D eigenvalue weighted by atomic mass is 32.2. The summed E-state index contributed by atoms with van der Waals surface area (Å²) >= 11 is 16.7. The molecule has 0 nitrogen and oxygen atoms in total. The highest BCUT2D eigenvalue weighted by molar-refractivity contribution is 8.15. The van der Waals surface area contributed by atoms with Gasteiger partial charge in [0.1, 0.15) is 0 Å². The summed E-state index contributed by atoms with van der Waals surface area (Å²) in [6, 6.07) is 9.10. The summed E-state index contributed by atoms with van der Waals surface area (Å²) in [5.41, 5.74) is 2.91. The zero-order valence-corrected chi connectivity index (χ0v) is 19.3. The number of thiol groups is 2. The molecule has 6 heteroatoms. The van der Waals surface area contributed by atoms with Crippen LogP contribution in [-0.2, 0) is 0 Å². The Morgan fingerprint density at radius 3 is 2.31 bits per heavy atom. The zero-order chi connectivity index (χ0) is 18.0. The number of hydrogen-bond donors (Lipinski definition) is 2. The third-order valence-electron chi connectivity index (χ3n) is 4.67.